The van der Waals surface area contributed by atoms with E-state index in [0.717, 1.165) is 17.7 Å². The molecule has 0 N–H and O–H groups in total. The first-order valence-corrected chi connectivity index (χ1v) is 5.43. The summed E-state index contributed by atoms with van der Waals surface area (Å²) in [4.78, 5) is 22.8. The number of rotatable bonds is 3. The highest BCUT2D eigenvalue weighted by Crippen LogP contribution is 2.09. The summed E-state index contributed by atoms with van der Waals surface area (Å²) in [6, 6.07) is 9.39. The highest BCUT2D eigenvalue weighted by molar-refractivity contribution is 5.55. The number of aldehydes is 1. The van der Waals surface area contributed by atoms with Crippen LogP contribution < -0.4 is 5.56 Å². The average molecular weight is 230 g/mol. The zero-order chi connectivity index (χ0) is 12.4. The van der Waals surface area contributed by atoms with Crippen LogP contribution in [-0.4, -0.2) is 15.6 Å². The molecule has 0 aliphatic rings. The summed E-state index contributed by atoms with van der Waals surface area (Å²) in [5.74, 6) is 0. The molecule has 0 atom stereocenters. The lowest BCUT2D eigenvalue weighted by atomic mass is 10.2. The van der Waals surface area contributed by atoms with Gasteiger partial charge < -0.3 is 4.79 Å². The van der Waals surface area contributed by atoms with Crippen LogP contribution in [-0.2, 0) is 18.3 Å². The van der Waals surface area contributed by atoms with E-state index in [1.54, 1.807) is 9.36 Å². The van der Waals surface area contributed by atoms with Gasteiger partial charge in [0.2, 0.25) is 0 Å². The highest BCUT2D eigenvalue weighted by Gasteiger charge is 2.14. The molecule has 0 bridgehead atoms. The second-order valence-electron chi connectivity index (χ2n) is 3.91. The fraction of sp³-hybridized carbons (Fsp3) is 0.231. The fourth-order valence-corrected chi connectivity index (χ4v) is 1.94. The summed E-state index contributed by atoms with van der Waals surface area (Å²) in [5, 5.41) is 0. The summed E-state index contributed by atoms with van der Waals surface area (Å²) in [6.07, 6.45) is 0.928. The van der Waals surface area contributed by atoms with Crippen molar-refractivity contribution >= 4 is 6.29 Å². The molecule has 0 amide bonds. The predicted octanol–water partition coefficient (Wildman–Crippen LogP) is 1.23. The van der Waals surface area contributed by atoms with Gasteiger partial charge in [0, 0.05) is 24.7 Å². The van der Waals surface area contributed by atoms with Crippen molar-refractivity contribution in [2.24, 2.45) is 7.05 Å². The molecule has 17 heavy (non-hydrogen) atoms. The normalized spacial score (nSPS) is 10.5. The topological polar surface area (TPSA) is 44.0 Å². The van der Waals surface area contributed by atoms with Gasteiger partial charge >= 0.3 is 0 Å². The predicted molar refractivity (Wildman–Crippen MR) is 65.5 cm³/mol. The second kappa shape index (κ2) is 4.41. The molecule has 88 valence electrons. The number of hydrogen-bond donors (Lipinski definition) is 0. The Morgan fingerprint density at radius 2 is 1.88 bits per heavy atom. The minimum absolute atomic E-state index is 0.122. The van der Waals surface area contributed by atoms with Crippen LogP contribution in [0.5, 0.6) is 0 Å². The van der Waals surface area contributed by atoms with Gasteiger partial charge in [-0.2, -0.15) is 0 Å². The number of hydrogen-bond acceptors (Lipinski definition) is 2. The van der Waals surface area contributed by atoms with Crippen molar-refractivity contribution in [1.82, 2.24) is 9.36 Å². The van der Waals surface area contributed by atoms with Gasteiger partial charge in [0.15, 0.2) is 0 Å². The third-order valence-corrected chi connectivity index (χ3v) is 2.96. The van der Waals surface area contributed by atoms with Crippen molar-refractivity contribution in [1.29, 1.82) is 0 Å². The molecule has 0 saturated heterocycles. The standard InChI is InChI=1S/C13H14N2O2/c1-10-12(8-9-16)13(17)15(14(10)2)11-6-4-3-5-7-11/h3-7,9H,8H2,1-2H3. The van der Waals surface area contributed by atoms with Crippen molar-refractivity contribution in [3.8, 4) is 5.69 Å². The molecule has 1 aromatic carbocycles. The van der Waals surface area contributed by atoms with Gasteiger partial charge in [-0.3, -0.25) is 9.48 Å². The van der Waals surface area contributed by atoms with Crippen LogP contribution in [0.15, 0.2) is 35.1 Å². The number of carbonyl (C=O) groups is 1. The summed E-state index contributed by atoms with van der Waals surface area (Å²) < 4.78 is 3.35. The van der Waals surface area contributed by atoms with Gasteiger partial charge in [0.05, 0.1) is 5.69 Å². The second-order valence-corrected chi connectivity index (χ2v) is 3.91. The molecule has 0 unspecified atom stereocenters. The van der Waals surface area contributed by atoms with E-state index in [1.807, 2.05) is 44.3 Å². The molecular formula is C13H14N2O2. The van der Waals surface area contributed by atoms with E-state index in [2.05, 4.69) is 0 Å². The maximum absolute atomic E-state index is 12.2. The van der Waals surface area contributed by atoms with Crippen LogP contribution in [0.25, 0.3) is 5.69 Å². The van der Waals surface area contributed by atoms with Crippen LogP contribution in [0.4, 0.5) is 0 Å². The van der Waals surface area contributed by atoms with Crippen molar-refractivity contribution in [3.63, 3.8) is 0 Å². The van der Waals surface area contributed by atoms with Crippen LogP contribution in [0.2, 0.25) is 0 Å². The zero-order valence-electron chi connectivity index (χ0n) is 9.88. The molecule has 0 aliphatic carbocycles. The summed E-state index contributed by atoms with van der Waals surface area (Å²) >= 11 is 0. The molecule has 2 rings (SSSR count). The molecule has 1 aromatic heterocycles. The zero-order valence-corrected chi connectivity index (χ0v) is 9.88. The van der Waals surface area contributed by atoms with Gasteiger partial charge in [-0.25, -0.2) is 4.68 Å². The summed E-state index contributed by atoms with van der Waals surface area (Å²) in [6.45, 7) is 1.85. The Kier molecular flexibility index (Phi) is 2.95. The van der Waals surface area contributed by atoms with E-state index < -0.39 is 0 Å². The third kappa shape index (κ3) is 1.82. The van der Waals surface area contributed by atoms with E-state index in [1.165, 1.54) is 0 Å². The maximum atomic E-state index is 12.2. The molecule has 4 heteroatoms. The van der Waals surface area contributed by atoms with Crippen molar-refractivity contribution in [2.75, 3.05) is 0 Å². The van der Waals surface area contributed by atoms with Gasteiger partial charge in [-0.05, 0) is 19.1 Å². The Labute approximate surface area is 99.1 Å². The fourth-order valence-electron chi connectivity index (χ4n) is 1.94. The molecule has 2 aromatic rings. The van der Waals surface area contributed by atoms with Crippen LogP contribution in [0.3, 0.4) is 0 Å². The van der Waals surface area contributed by atoms with E-state index in [4.69, 9.17) is 0 Å². The first-order chi connectivity index (χ1) is 8.16. The molecular weight excluding hydrogens is 216 g/mol. The van der Waals surface area contributed by atoms with Crippen LogP contribution in [0.1, 0.15) is 11.3 Å². The van der Waals surface area contributed by atoms with Gasteiger partial charge in [0.25, 0.3) is 5.56 Å². The van der Waals surface area contributed by atoms with E-state index in [0.29, 0.717) is 5.56 Å². The Balaban J connectivity index is 2.68. The maximum Gasteiger partial charge on any atom is 0.275 e. The number of nitrogens with zero attached hydrogens (tertiary/aromatic N) is 2. The SMILES string of the molecule is Cc1c(CC=O)c(=O)n(-c2ccccc2)n1C. The van der Waals surface area contributed by atoms with Gasteiger partial charge in [0.1, 0.15) is 6.29 Å². The summed E-state index contributed by atoms with van der Waals surface area (Å²) in [7, 11) is 1.82. The minimum atomic E-state index is -0.122. The highest BCUT2D eigenvalue weighted by atomic mass is 16.1. The molecule has 0 saturated carbocycles. The lowest BCUT2D eigenvalue weighted by molar-refractivity contribution is -0.107. The quantitative estimate of drug-likeness (QED) is 0.744. The largest absolute Gasteiger partial charge is 0.303 e. The Morgan fingerprint density at radius 3 is 2.47 bits per heavy atom. The van der Waals surface area contributed by atoms with Crippen molar-refractivity contribution < 1.29 is 4.79 Å². The first kappa shape index (κ1) is 11.4. The average Bonchev–Trinajstić information content (AvgIpc) is 2.55. The summed E-state index contributed by atoms with van der Waals surface area (Å²) in [5.41, 5.74) is 2.07. The number of benzene rings is 1. The van der Waals surface area contributed by atoms with Crippen molar-refractivity contribution in [3.05, 3.63) is 51.9 Å². The smallest absolute Gasteiger partial charge is 0.275 e. The monoisotopic (exact) mass is 230 g/mol. The van der Waals surface area contributed by atoms with E-state index >= 15 is 0 Å². The molecule has 0 radical (unpaired) electrons. The Hall–Kier alpha value is -2.10. The number of para-hydroxylation sites is 1. The molecule has 0 fully saturated rings. The lowest BCUT2D eigenvalue weighted by Crippen LogP contribution is -2.21. The molecule has 4 nitrogen and oxygen atoms in total. The van der Waals surface area contributed by atoms with E-state index in [-0.39, 0.29) is 12.0 Å². The van der Waals surface area contributed by atoms with E-state index in [9.17, 15) is 9.59 Å². The first-order valence-electron chi connectivity index (χ1n) is 5.43. The lowest BCUT2D eigenvalue weighted by Gasteiger charge is -2.07. The van der Waals surface area contributed by atoms with Crippen LogP contribution >= 0.6 is 0 Å². The molecule has 0 aliphatic heterocycles. The Morgan fingerprint density at radius 1 is 1.24 bits per heavy atom. The van der Waals surface area contributed by atoms with Gasteiger partial charge in [-0.1, -0.05) is 18.2 Å². The van der Waals surface area contributed by atoms with Gasteiger partial charge in [-0.15, -0.1) is 0 Å². The van der Waals surface area contributed by atoms with Crippen LogP contribution in [0, 0.1) is 6.92 Å². The number of aromatic nitrogens is 2. The molecule has 1 heterocycles. The minimum Gasteiger partial charge on any atom is -0.303 e. The third-order valence-electron chi connectivity index (χ3n) is 2.96. The molecule has 0 spiro atoms. The number of carbonyl (C=O) groups excluding carboxylic acids is 1. The Bertz CT molecular complexity index is 594. The van der Waals surface area contributed by atoms with Crippen molar-refractivity contribution in [2.45, 2.75) is 13.3 Å².